The second-order valence-corrected chi connectivity index (χ2v) is 9.31. The molecule has 1 unspecified atom stereocenters. The molecule has 3 heterocycles. The summed E-state index contributed by atoms with van der Waals surface area (Å²) in [6.07, 6.45) is 7.48. The molecule has 9 heteroatoms. The number of halogens is 1. The summed E-state index contributed by atoms with van der Waals surface area (Å²) >= 11 is 3.83. The third kappa shape index (κ3) is 4.85. The highest BCUT2D eigenvalue weighted by molar-refractivity contribution is 14.1. The van der Waals surface area contributed by atoms with Crippen LogP contribution in [0.3, 0.4) is 0 Å². The molecule has 0 radical (unpaired) electrons. The van der Waals surface area contributed by atoms with Gasteiger partial charge in [0.25, 0.3) is 5.89 Å². The quantitative estimate of drug-likeness (QED) is 0.227. The van der Waals surface area contributed by atoms with E-state index in [0.717, 1.165) is 30.8 Å². The monoisotopic (exact) mass is 534 g/mol. The number of benzene rings is 1. The maximum atomic E-state index is 6.27. The van der Waals surface area contributed by atoms with Crippen molar-refractivity contribution in [3.8, 4) is 5.75 Å². The van der Waals surface area contributed by atoms with Gasteiger partial charge in [-0.05, 0) is 71.3 Å². The van der Waals surface area contributed by atoms with Gasteiger partial charge in [-0.1, -0.05) is 12.2 Å². The number of nitrogens with zero attached hydrogens (tertiary/aromatic N) is 4. The zero-order valence-electron chi connectivity index (χ0n) is 16.4. The molecule has 0 N–H and O–H groups in total. The minimum Gasteiger partial charge on any atom is -0.474 e. The van der Waals surface area contributed by atoms with Gasteiger partial charge in [-0.25, -0.2) is 4.98 Å². The van der Waals surface area contributed by atoms with Gasteiger partial charge in [-0.3, -0.25) is 4.98 Å². The first kappa shape index (κ1) is 20.9. The van der Waals surface area contributed by atoms with Crippen LogP contribution in [-0.2, 0) is 4.74 Å². The van der Waals surface area contributed by atoms with Crippen LogP contribution in [0, 0.1) is 9.94 Å². The summed E-state index contributed by atoms with van der Waals surface area (Å²) in [5.74, 6) is 1.03. The molecular weight excluding hydrogens is 515 g/mol. The van der Waals surface area contributed by atoms with E-state index < -0.39 is 6.10 Å². The van der Waals surface area contributed by atoms with Crippen molar-refractivity contribution in [2.75, 3.05) is 13.7 Å². The Labute approximate surface area is 191 Å². The Morgan fingerprint density at radius 1 is 1.30 bits per heavy atom. The number of hydrogen-bond donors (Lipinski definition) is 0. The van der Waals surface area contributed by atoms with Crippen LogP contribution in [-0.4, -0.2) is 33.9 Å². The van der Waals surface area contributed by atoms with Crippen LogP contribution in [0.5, 0.6) is 5.75 Å². The highest BCUT2D eigenvalue weighted by Gasteiger charge is 2.24. The van der Waals surface area contributed by atoms with Crippen molar-refractivity contribution >= 4 is 50.2 Å². The van der Waals surface area contributed by atoms with Gasteiger partial charge in [0.1, 0.15) is 5.75 Å². The van der Waals surface area contributed by atoms with Crippen LogP contribution in [0.2, 0.25) is 0 Å². The molecule has 0 fully saturated rings. The smallest absolute Gasteiger partial charge is 0.263 e. The second kappa shape index (κ2) is 9.63. The number of fused-ring (bicyclic) bond motifs is 1. The van der Waals surface area contributed by atoms with Crippen LogP contribution in [0.1, 0.15) is 35.2 Å². The molecule has 3 aromatic heterocycles. The molecule has 4 rings (SSSR count). The average Bonchev–Trinajstić information content (AvgIpc) is 3.39. The molecule has 0 saturated heterocycles. The van der Waals surface area contributed by atoms with E-state index in [9.17, 15) is 0 Å². The van der Waals surface area contributed by atoms with Gasteiger partial charge in [0.15, 0.2) is 3.01 Å². The first-order valence-electron chi connectivity index (χ1n) is 9.25. The predicted molar refractivity (Wildman–Crippen MR) is 124 cm³/mol. The standard InChI is InChI=1S/C21H19IN4O3S/c1-13-11-23-17(9-14(13)5-3-4-8-27-2)19(20-26-24-12-28-20)29-15-6-7-16-18(10-15)30-21(22)25-16/h3,5-7,9-12,19H,4,8H2,1-2H3/b5-3+. The summed E-state index contributed by atoms with van der Waals surface area (Å²) in [4.78, 5) is 9.06. The predicted octanol–water partition coefficient (Wildman–Crippen LogP) is 5.21. The molecule has 0 amide bonds. The lowest BCUT2D eigenvalue weighted by Crippen LogP contribution is -2.12. The number of methoxy groups -OCH3 is 1. The van der Waals surface area contributed by atoms with Crippen LogP contribution < -0.4 is 4.74 Å². The first-order chi connectivity index (χ1) is 14.6. The van der Waals surface area contributed by atoms with E-state index in [0.29, 0.717) is 23.9 Å². The number of ether oxygens (including phenoxy) is 2. The number of thiazole rings is 1. The van der Waals surface area contributed by atoms with Crippen molar-refractivity contribution in [1.82, 2.24) is 20.2 Å². The minimum absolute atomic E-state index is 0.347. The Balaban J connectivity index is 1.66. The Bertz CT molecular complexity index is 1160. The average molecular weight is 534 g/mol. The Hall–Kier alpha value is -2.37. The van der Waals surface area contributed by atoms with E-state index in [2.05, 4.69) is 54.9 Å². The topological polar surface area (TPSA) is 83.2 Å². The van der Waals surface area contributed by atoms with Gasteiger partial charge in [-0.2, -0.15) is 0 Å². The molecule has 1 atom stereocenters. The van der Waals surface area contributed by atoms with Crippen LogP contribution >= 0.6 is 33.9 Å². The van der Waals surface area contributed by atoms with E-state index in [1.807, 2.05) is 37.4 Å². The molecule has 154 valence electrons. The molecule has 30 heavy (non-hydrogen) atoms. The Morgan fingerprint density at radius 3 is 3.00 bits per heavy atom. The van der Waals surface area contributed by atoms with Gasteiger partial charge >= 0.3 is 0 Å². The molecule has 0 saturated carbocycles. The third-order valence-corrected chi connectivity index (χ3v) is 6.12. The van der Waals surface area contributed by atoms with Crippen LogP contribution in [0.15, 0.2) is 47.3 Å². The molecule has 0 aliphatic heterocycles. The lowest BCUT2D eigenvalue weighted by atomic mass is 10.1. The van der Waals surface area contributed by atoms with Gasteiger partial charge in [-0.15, -0.1) is 21.5 Å². The van der Waals surface area contributed by atoms with Gasteiger partial charge in [0, 0.05) is 19.9 Å². The van der Waals surface area contributed by atoms with Crippen molar-refractivity contribution in [2.24, 2.45) is 0 Å². The lowest BCUT2D eigenvalue weighted by molar-refractivity contribution is 0.203. The number of aromatic nitrogens is 4. The molecule has 0 aliphatic rings. The van der Waals surface area contributed by atoms with E-state index in [4.69, 9.17) is 13.9 Å². The molecule has 7 nitrogen and oxygen atoms in total. The Kier molecular flexibility index (Phi) is 6.70. The zero-order chi connectivity index (χ0) is 20.9. The van der Waals surface area contributed by atoms with Gasteiger partial charge < -0.3 is 13.9 Å². The van der Waals surface area contributed by atoms with E-state index >= 15 is 0 Å². The molecule has 0 aliphatic carbocycles. The number of pyridine rings is 1. The van der Waals surface area contributed by atoms with Crippen molar-refractivity contribution in [3.63, 3.8) is 0 Å². The summed E-state index contributed by atoms with van der Waals surface area (Å²) in [7, 11) is 1.69. The van der Waals surface area contributed by atoms with Gasteiger partial charge in [0.2, 0.25) is 12.5 Å². The van der Waals surface area contributed by atoms with Crippen molar-refractivity contribution in [1.29, 1.82) is 0 Å². The van der Waals surface area contributed by atoms with Gasteiger partial charge in [0.05, 0.1) is 15.9 Å². The molecular formula is C21H19IN4O3S. The minimum atomic E-state index is -0.622. The highest BCUT2D eigenvalue weighted by atomic mass is 127. The van der Waals surface area contributed by atoms with E-state index in [1.54, 1.807) is 18.4 Å². The molecule has 0 bridgehead atoms. The second-order valence-electron chi connectivity index (χ2n) is 6.52. The fourth-order valence-corrected chi connectivity index (χ4v) is 4.59. The zero-order valence-corrected chi connectivity index (χ0v) is 19.4. The first-order valence-corrected chi connectivity index (χ1v) is 11.1. The fourth-order valence-electron chi connectivity index (χ4n) is 2.89. The number of aryl methyl sites for hydroxylation is 1. The molecule has 0 spiro atoms. The SMILES string of the molecule is COCC/C=C/c1cc(C(Oc2ccc3nc(I)sc3c2)c2nnco2)ncc1C. The molecule has 1 aromatic carbocycles. The van der Waals surface area contributed by atoms with E-state index in [-0.39, 0.29) is 0 Å². The van der Waals surface area contributed by atoms with Crippen molar-refractivity contribution in [3.05, 3.63) is 68.7 Å². The summed E-state index contributed by atoms with van der Waals surface area (Å²) in [6, 6.07) is 7.79. The van der Waals surface area contributed by atoms with E-state index in [1.165, 1.54) is 6.39 Å². The van der Waals surface area contributed by atoms with Crippen LogP contribution in [0.4, 0.5) is 0 Å². The van der Waals surface area contributed by atoms with Crippen molar-refractivity contribution in [2.45, 2.75) is 19.4 Å². The number of hydrogen-bond acceptors (Lipinski definition) is 8. The number of rotatable bonds is 8. The Morgan fingerprint density at radius 2 is 2.20 bits per heavy atom. The summed E-state index contributed by atoms with van der Waals surface area (Å²) in [5, 5.41) is 7.88. The highest BCUT2D eigenvalue weighted by Crippen LogP contribution is 2.31. The fraction of sp³-hybridized carbons (Fsp3) is 0.238. The maximum absolute atomic E-state index is 6.27. The lowest BCUT2D eigenvalue weighted by Gasteiger charge is -2.16. The normalized spacial score (nSPS) is 12.6. The summed E-state index contributed by atoms with van der Waals surface area (Å²) < 4.78 is 18.9. The summed E-state index contributed by atoms with van der Waals surface area (Å²) in [6.45, 7) is 2.70. The largest absolute Gasteiger partial charge is 0.474 e. The van der Waals surface area contributed by atoms with Crippen LogP contribution in [0.25, 0.3) is 16.3 Å². The summed E-state index contributed by atoms with van der Waals surface area (Å²) in [5.41, 5.74) is 3.76. The third-order valence-electron chi connectivity index (χ3n) is 4.41. The molecule has 4 aromatic rings. The maximum Gasteiger partial charge on any atom is 0.263 e. The van der Waals surface area contributed by atoms with Crippen molar-refractivity contribution < 1.29 is 13.9 Å².